The summed E-state index contributed by atoms with van der Waals surface area (Å²) in [5.41, 5.74) is 1.80. The van der Waals surface area contributed by atoms with Crippen molar-refractivity contribution in [2.75, 3.05) is 13.1 Å². The molecule has 1 aromatic carbocycles. The van der Waals surface area contributed by atoms with Gasteiger partial charge in [-0.3, -0.25) is 9.59 Å². The van der Waals surface area contributed by atoms with Crippen molar-refractivity contribution in [2.45, 2.75) is 25.7 Å². The molecule has 0 spiro atoms. The highest BCUT2D eigenvalue weighted by Gasteiger charge is 2.41. The summed E-state index contributed by atoms with van der Waals surface area (Å²) in [7, 11) is 0. The van der Waals surface area contributed by atoms with Crippen LogP contribution in [0.2, 0.25) is 0 Å². The van der Waals surface area contributed by atoms with Gasteiger partial charge in [0.15, 0.2) is 5.76 Å². The lowest BCUT2D eigenvalue weighted by atomic mass is 9.89. The molecule has 2 aromatic rings. The lowest BCUT2D eigenvalue weighted by molar-refractivity contribution is -0.141. The third-order valence-corrected chi connectivity index (χ3v) is 4.66. The number of benzene rings is 1. The highest BCUT2D eigenvalue weighted by molar-refractivity contribution is 5.94. The Morgan fingerprint density at radius 1 is 1.17 bits per heavy atom. The Kier molecular flexibility index (Phi) is 4.42. The van der Waals surface area contributed by atoms with Crippen LogP contribution >= 0.6 is 0 Å². The Morgan fingerprint density at radius 3 is 2.50 bits per heavy atom. The molecule has 3 rings (SSSR count). The quantitative estimate of drug-likeness (QED) is 0.935. The van der Waals surface area contributed by atoms with E-state index in [1.807, 2.05) is 44.2 Å². The van der Waals surface area contributed by atoms with E-state index in [2.05, 4.69) is 0 Å². The van der Waals surface area contributed by atoms with Crippen molar-refractivity contribution in [1.82, 2.24) is 4.90 Å². The number of carbonyl (C=O) groups excluding carboxylic acids is 1. The van der Waals surface area contributed by atoms with E-state index in [1.165, 1.54) is 6.26 Å². The van der Waals surface area contributed by atoms with Crippen LogP contribution in [0, 0.1) is 5.92 Å². The minimum atomic E-state index is -0.873. The van der Waals surface area contributed by atoms with Gasteiger partial charge in [-0.15, -0.1) is 0 Å². The lowest BCUT2D eigenvalue weighted by Crippen LogP contribution is -2.30. The van der Waals surface area contributed by atoms with Crippen LogP contribution in [-0.4, -0.2) is 35.0 Å². The van der Waals surface area contributed by atoms with E-state index in [0.29, 0.717) is 12.3 Å². The second-order valence-electron chi connectivity index (χ2n) is 6.53. The first-order valence-corrected chi connectivity index (χ1v) is 8.13. The van der Waals surface area contributed by atoms with Crippen molar-refractivity contribution in [3.8, 4) is 0 Å². The molecule has 1 N–H and O–H groups in total. The van der Waals surface area contributed by atoms with Crippen molar-refractivity contribution >= 4 is 11.9 Å². The minimum absolute atomic E-state index is 0.172. The van der Waals surface area contributed by atoms with Gasteiger partial charge in [-0.2, -0.15) is 0 Å². The summed E-state index contributed by atoms with van der Waals surface area (Å²) in [4.78, 5) is 26.1. The van der Waals surface area contributed by atoms with Crippen molar-refractivity contribution in [3.05, 3.63) is 59.5 Å². The molecule has 0 aliphatic carbocycles. The van der Waals surface area contributed by atoms with E-state index < -0.39 is 11.9 Å². The second kappa shape index (κ2) is 6.51. The number of likely N-dealkylation sites (tertiary alicyclic amines) is 1. The first-order valence-electron chi connectivity index (χ1n) is 8.13. The lowest BCUT2D eigenvalue weighted by Gasteiger charge is -2.16. The van der Waals surface area contributed by atoms with E-state index in [9.17, 15) is 14.7 Å². The fraction of sp³-hybridized carbons (Fsp3) is 0.368. The molecule has 1 fully saturated rings. The fourth-order valence-electron chi connectivity index (χ4n) is 3.35. The van der Waals surface area contributed by atoms with E-state index in [-0.39, 0.29) is 24.3 Å². The molecule has 1 aliphatic rings. The second-order valence-corrected chi connectivity index (χ2v) is 6.53. The number of carboxylic acid groups (broad SMARTS) is 1. The molecular formula is C19H21NO4. The molecule has 24 heavy (non-hydrogen) atoms. The number of rotatable bonds is 4. The molecule has 1 aromatic heterocycles. The molecule has 1 amide bonds. The van der Waals surface area contributed by atoms with Gasteiger partial charge in [0, 0.05) is 24.6 Å². The number of carbonyl (C=O) groups is 2. The van der Waals surface area contributed by atoms with Crippen LogP contribution in [0.3, 0.4) is 0 Å². The molecular weight excluding hydrogens is 306 g/mol. The molecule has 2 unspecified atom stereocenters. The smallest absolute Gasteiger partial charge is 0.308 e. The Hall–Kier alpha value is -2.56. The van der Waals surface area contributed by atoms with Gasteiger partial charge in [0.05, 0.1) is 12.2 Å². The molecule has 1 aliphatic heterocycles. The van der Waals surface area contributed by atoms with Crippen LogP contribution in [0.1, 0.15) is 47.4 Å². The number of aliphatic carboxylic acids is 1. The van der Waals surface area contributed by atoms with Crippen LogP contribution < -0.4 is 0 Å². The molecule has 5 heteroatoms. The third kappa shape index (κ3) is 2.94. The largest absolute Gasteiger partial charge is 0.481 e. The molecule has 126 valence electrons. The monoisotopic (exact) mass is 327 g/mol. The zero-order valence-electron chi connectivity index (χ0n) is 13.8. The fourth-order valence-corrected chi connectivity index (χ4v) is 3.35. The summed E-state index contributed by atoms with van der Waals surface area (Å²) in [5, 5.41) is 9.56. The van der Waals surface area contributed by atoms with E-state index >= 15 is 0 Å². The summed E-state index contributed by atoms with van der Waals surface area (Å²) in [5.74, 6) is -1.41. The van der Waals surface area contributed by atoms with E-state index in [4.69, 9.17) is 4.42 Å². The molecule has 2 atom stereocenters. The standard InChI is InChI=1S/C19H21NO4/c1-12(2)14-8-9-24-17(14)18(21)20-10-15(16(11-20)19(22)23)13-6-4-3-5-7-13/h3-9,12,15-16H,10-11H2,1-2H3,(H,22,23). The summed E-state index contributed by atoms with van der Waals surface area (Å²) in [6, 6.07) is 11.3. The summed E-state index contributed by atoms with van der Waals surface area (Å²) in [6.07, 6.45) is 1.52. The van der Waals surface area contributed by atoms with Crippen LogP contribution in [0.4, 0.5) is 0 Å². The van der Waals surface area contributed by atoms with Crippen molar-refractivity contribution in [3.63, 3.8) is 0 Å². The zero-order chi connectivity index (χ0) is 17.3. The number of hydrogen-bond donors (Lipinski definition) is 1. The zero-order valence-corrected chi connectivity index (χ0v) is 13.8. The van der Waals surface area contributed by atoms with Gasteiger partial charge >= 0.3 is 5.97 Å². The average Bonchev–Trinajstić information content (AvgIpc) is 3.22. The SMILES string of the molecule is CC(C)c1ccoc1C(=O)N1CC(C(=O)O)C(c2ccccc2)C1. The summed E-state index contributed by atoms with van der Waals surface area (Å²) >= 11 is 0. The van der Waals surface area contributed by atoms with Crippen molar-refractivity contribution in [2.24, 2.45) is 5.92 Å². The van der Waals surface area contributed by atoms with Gasteiger partial charge in [0.25, 0.3) is 5.91 Å². The third-order valence-electron chi connectivity index (χ3n) is 4.66. The summed E-state index contributed by atoms with van der Waals surface area (Å²) < 4.78 is 5.40. The molecule has 2 heterocycles. The van der Waals surface area contributed by atoms with Crippen LogP contribution in [0.5, 0.6) is 0 Å². The minimum Gasteiger partial charge on any atom is -0.481 e. The first-order chi connectivity index (χ1) is 11.5. The maximum absolute atomic E-state index is 12.8. The van der Waals surface area contributed by atoms with Gasteiger partial charge in [-0.25, -0.2) is 0 Å². The highest BCUT2D eigenvalue weighted by Crippen LogP contribution is 2.34. The predicted molar refractivity (Wildman–Crippen MR) is 89.0 cm³/mol. The van der Waals surface area contributed by atoms with Gasteiger partial charge < -0.3 is 14.4 Å². The highest BCUT2D eigenvalue weighted by atomic mass is 16.4. The van der Waals surface area contributed by atoms with Gasteiger partial charge in [0.2, 0.25) is 0 Å². The number of furan rings is 1. The normalized spacial score (nSPS) is 20.5. The Morgan fingerprint density at radius 2 is 1.88 bits per heavy atom. The number of amides is 1. The molecule has 0 bridgehead atoms. The Labute approximate surface area is 140 Å². The molecule has 1 saturated heterocycles. The molecule has 0 radical (unpaired) electrons. The van der Waals surface area contributed by atoms with Crippen LogP contribution in [0.25, 0.3) is 0 Å². The van der Waals surface area contributed by atoms with Gasteiger partial charge in [-0.1, -0.05) is 44.2 Å². The summed E-state index contributed by atoms with van der Waals surface area (Å²) in [6.45, 7) is 4.58. The van der Waals surface area contributed by atoms with Gasteiger partial charge in [0.1, 0.15) is 0 Å². The first kappa shape index (κ1) is 16.3. The number of nitrogens with zero attached hydrogens (tertiary/aromatic N) is 1. The average molecular weight is 327 g/mol. The molecule has 5 nitrogen and oxygen atoms in total. The van der Waals surface area contributed by atoms with Crippen molar-refractivity contribution < 1.29 is 19.1 Å². The van der Waals surface area contributed by atoms with Crippen molar-refractivity contribution in [1.29, 1.82) is 0 Å². The Balaban J connectivity index is 1.87. The Bertz CT molecular complexity index is 735. The maximum atomic E-state index is 12.8. The molecule has 0 saturated carbocycles. The maximum Gasteiger partial charge on any atom is 0.308 e. The topological polar surface area (TPSA) is 70.8 Å². The van der Waals surface area contributed by atoms with Crippen LogP contribution in [-0.2, 0) is 4.79 Å². The predicted octanol–water partition coefficient (Wildman–Crippen LogP) is 3.34. The van der Waals surface area contributed by atoms with Crippen LogP contribution in [0.15, 0.2) is 47.1 Å². The number of carboxylic acids is 1. The van der Waals surface area contributed by atoms with E-state index in [1.54, 1.807) is 11.0 Å². The van der Waals surface area contributed by atoms with E-state index in [0.717, 1.165) is 11.1 Å². The van der Waals surface area contributed by atoms with Gasteiger partial charge in [-0.05, 0) is 17.5 Å². The number of hydrogen-bond acceptors (Lipinski definition) is 3.